The topological polar surface area (TPSA) is 106 Å². The molecule has 4 aromatic rings. The number of rotatable bonds is 13. The molecule has 226 valence electrons. The van der Waals surface area contributed by atoms with Crippen molar-refractivity contribution in [2.24, 2.45) is 0 Å². The highest BCUT2D eigenvalue weighted by molar-refractivity contribution is 6.31. The van der Waals surface area contributed by atoms with E-state index in [-0.39, 0.29) is 11.7 Å². The largest absolute Gasteiger partial charge is 0.507 e. The monoisotopic (exact) mass is 605 g/mol. The van der Waals surface area contributed by atoms with E-state index in [1.807, 2.05) is 36.4 Å². The van der Waals surface area contributed by atoms with E-state index in [1.54, 1.807) is 38.4 Å². The zero-order valence-corrected chi connectivity index (χ0v) is 25.5. The van der Waals surface area contributed by atoms with Crippen molar-refractivity contribution in [3.05, 3.63) is 82.0 Å². The predicted molar refractivity (Wildman–Crippen MR) is 165 cm³/mol. The van der Waals surface area contributed by atoms with Gasteiger partial charge in [-0.1, -0.05) is 43.5 Å². The Hall–Kier alpha value is -4.37. The highest BCUT2D eigenvalue weighted by Gasteiger charge is 2.42. The van der Waals surface area contributed by atoms with Crippen LogP contribution in [0, 0.1) is 0 Å². The minimum Gasteiger partial charge on any atom is -0.507 e. The predicted octanol–water partition coefficient (Wildman–Crippen LogP) is 6.82. The number of aromatic amines is 1. The van der Waals surface area contributed by atoms with E-state index >= 15 is 0 Å². The maximum atomic E-state index is 13.9. The Morgan fingerprint density at radius 2 is 1.67 bits per heavy atom. The second-order valence-electron chi connectivity index (χ2n) is 10.3. The van der Waals surface area contributed by atoms with Crippen LogP contribution in [0.1, 0.15) is 59.4 Å². The van der Waals surface area contributed by atoms with Crippen LogP contribution >= 0.6 is 11.6 Å². The van der Waals surface area contributed by atoms with Crippen molar-refractivity contribution in [2.45, 2.75) is 38.6 Å². The van der Waals surface area contributed by atoms with Gasteiger partial charge in [0, 0.05) is 22.7 Å². The summed E-state index contributed by atoms with van der Waals surface area (Å²) in [5, 5.41) is 18.6. The Kier molecular flexibility index (Phi) is 9.31. The van der Waals surface area contributed by atoms with Crippen LogP contribution in [-0.2, 0) is 6.42 Å². The Balaban J connectivity index is 1.54. The molecule has 10 heteroatoms. The number of nitrogens with one attached hydrogen (secondary N) is 1. The molecule has 0 aliphatic carbocycles. The van der Waals surface area contributed by atoms with Crippen molar-refractivity contribution < 1.29 is 28.8 Å². The number of hydrogen-bond acceptors (Lipinski definition) is 7. The number of H-pyrrole nitrogens is 1. The van der Waals surface area contributed by atoms with Crippen LogP contribution in [0.25, 0.3) is 11.3 Å². The molecule has 1 unspecified atom stereocenters. The lowest BCUT2D eigenvalue weighted by Crippen LogP contribution is -2.31. The minimum atomic E-state index is -0.516. The van der Waals surface area contributed by atoms with Gasteiger partial charge in [0.05, 0.1) is 34.0 Å². The van der Waals surface area contributed by atoms with Gasteiger partial charge in [-0.15, -0.1) is 0 Å². The van der Waals surface area contributed by atoms with Crippen molar-refractivity contribution in [2.75, 3.05) is 34.5 Å². The van der Waals surface area contributed by atoms with Crippen molar-refractivity contribution in [3.63, 3.8) is 0 Å². The summed E-state index contributed by atoms with van der Waals surface area (Å²) in [7, 11) is 4.79. The van der Waals surface area contributed by atoms with E-state index in [4.69, 9.17) is 30.5 Å². The van der Waals surface area contributed by atoms with Gasteiger partial charge in [0.25, 0.3) is 5.91 Å². The lowest BCUT2D eigenvalue weighted by molar-refractivity contribution is 0.0745. The molecule has 5 rings (SSSR count). The van der Waals surface area contributed by atoms with Gasteiger partial charge in [0.15, 0.2) is 23.0 Å². The standard InChI is InChI=1S/C33H36ClN3O6/c1-5-6-7-16-43-26-13-9-21(18-28(26)42-4)32-29-30(23-19-22(34)10-11-24(23)38)35-36-31(29)33(39)37(32)15-14-20-8-12-25(40-2)27(17-20)41-3/h8-13,17-19,32,38H,5-7,14-16H2,1-4H3,(H,35,36). The lowest BCUT2D eigenvalue weighted by atomic mass is 9.95. The molecule has 0 fully saturated rings. The molecule has 1 amide bonds. The fourth-order valence-corrected chi connectivity index (χ4v) is 5.64. The number of aromatic hydroxyl groups is 1. The number of halogens is 1. The molecule has 3 aromatic carbocycles. The summed E-state index contributed by atoms with van der Waals surface area (Å²) in [5.74, 6) is 2.30. The van der Waals surface area contributed by atoms with Crippen LogP contribution in [-0.4, -0.2) is 60.6 Å². The molecule has 0 saturated carbocycles. The Morgan fingerprint density at radius 3 is 2.42 bits per heavy atom. The molecular formula is C33H36ClN3O6. The first kappa shape index (κ1) is 30.1. The number of amides is 1. The molecule has 1 atom stereocenters. The Bertz CT molecular complexity index is 1600. The second-order valence-corrected chi connectivity index (χ2v) is 10.8. The molecule has 0 saturated heterocycles. The van der Waals surface area contributed by atoms with E-state index in [0.29, 0.717) is 70.1 Å². The van der Waals surface area contributed by atoms with E-state index in [9.17, 15) is 9.90 Å². The number of aromatic nitrogens is 2. The molecule has 0 bridgehead atoms. The number of phenols is 1. The van der Waals surface area contributed by atoms with E-state index in [0.717, 1.165) is 30.4 Å². The summed E-state index contributed by atoms with van der Waals surface area (Å²) in [6.45, 7) is 3.14. The highest BCUT2D eigenvalue weighted by Crippen LogP contribution is 2.46. The van der Waals surface area contributed by atoms with Crippen molar-refractivity contribution in [1.29, 1.82) is 0 Å². The fourth-order valence-electron chi connectivity index (χ4n) is 5.47. The smallest absolute Gasteiger partial charge is 0.273 e. The van der Waals surface area contributed by atoms with E-state index in [1.165, 1.54) is 6.07 Å². The van der Waals surface area contributed by atoms with Gasteiger partial charge < -0.3 is 29.0 Å². The quantitative estimate of drug-likeness (QED) is 0.161. The number of ether oxygens (including phenoxy) is 4. The summed E-state index contributed by atoms with van der Waals surface area (Å²) >= 11 is 6.30. The van der Waals surface area contributed by atoms with Crippen LogP contribution in [0.5, 0.6) is 28.7 Å². The van der Waals surface area contributed by atoms with Crippen molar-refractivity contribution >= 4 is 17.5 Å². The van der Waals surface area contributed by atoms with Crippen LogP contribution < -0.4 is 18.9 Å². The van der Waals surface area contributed by atoms with Gasteiger partial charge in [0.1, 0.15) is 17.1 Å². The summed E-state index contributed by atoms with van der Waals surface area (Å²) in [5.41, 5.74) is 3.73. The molecule has 1 aromatic heterocycles. The zero-order chi connectivity index (χ0) is 30.5. The van der Waals surface area contributed by atoms with Crippen LogP contribution in [0.15, 0.2) is 54.6 Å². The van der Waals surface area contributed by atoms with Crippen molar-refractivity contribution in [1.82, 2.24) is 15.1 Å². The minimum absolute atomic E-state index is 0.0158. The number of benzene rings is 3. The van der Waals surface area contributed by atoms with Gasteiger partial charge in [0.2, 0.25) is 0 Å². The number of methoxy groups -OCH3 is 3. The number of fused-ring (bicyclic) bond motifs is 1. The second kappa shape index (κ2) is 13.3. The first-order valence-corrected chi connectivity index (χ1v) is 14.7. The number of hydrogen-bond donors (Lipinski definition) is 2. The van der Waals surface area contributed by atoms with Crippen LogP contribution in [0.4, 0.5) is 0 Å². The van der Waals surface area contributed by atoms with Gasteiger partial charge in [-0.05, 0) is 66.4 Å². The summed E-state index contributed by atoms with van der Waals surface area (Å²) < 4.78 is 22.6. The van der Waals surface area contributed by atoms with Gasteiger partial charge >= 0.3 is 0 Å². The molecule has 2 heterocycles. The fraction of sp³-hybridized carbons (Fsp3) is 0.333. The van der Waals surface area contributed by atoms with Crippen molar-refractivity contribution in [3.8, 4) is 40.0 Å². The van der Waals surface area contributed by atoms with E-state index < -0.39 is 6.04 Å². The lowest BCUT2D eigenvalue weighted by Gasteiger charge is -2.27. The van der Waals surface area contributed by atoms with Crippen LogP contribution in [0.2, 0.25) is 5.02 Å². The summed E-state index contributed by atoms with van der Waals surface area (Å²) in [4.78, 5) is 15.7. The van der Waals surface area contributed by atoms with E-state index in [2.05, 4.69) is 17.1 Å². The number of carbonyl (C=O) groups excluding carboxylic acids is 1. The first-order chi connectivity index (χ1) is 20.9. The number of nitrogens with zero attached hydrogens (tertiary/aromatic N) is 2. The van der Waals surface area contributed by atoms with Crippen LogP contribution in [0.3, 0.4) is 0 Å². The zero-order valence-electron chi connectivity index (χ0n) is 24.8. The molecule has 1 aliphatic heterocycles. The maximum absolute atomic E-state index is 13.9. The molecule has 1 aliphatic rings. The summed E-state index contributed by atoms with van der Waals surface area (Å²) in [6.07, 6.45) is 3.70. The highest BCUT2D eigenvalue weighted by atomic mass is 35.5. The third-order valence-corrected chi connectivity index (χ3v) is 7.91. The molecule has 0 radical (unpaired) electrons. The number of unbranched alkanes of at least 4 members (excludes halogenated alkanes) is 2. The SMILES string of the molecule is CCCCCOc1ccc(C2c3c(-c4cc(Cl)ccc4O)n[nH]c3C(=O)N2CCc2ccc(OC)c(OC)c2)cc1OC. The third-order valence-electron chi connectivity index (χ3n) is 7.68. The Labute approximate surface area is 256 Å². The van der Waals surface area contributed by atoms with Gasteiger partial charge in [-0.2, -0.15) is 5.10 Å². The molecule has 0 spiro atoms. The normalized spacial score (nSPS) is 14.1. The molecule has 43 heavy (non-hydrogen) atoms. The molecule has 2 N–H and O–H groups in total. The number of carbonyl (C=O) groups is 1. The summed E-state index contributed by atoms with van der Waals surface area (Å²) in [6, 6.07) is 15.7. The average molecular weight is 606 g/mol. The van der Waals surface area contributed by atoms with Gasteiger partial charge in [-0.3, -0.25) is 9.89 Å². The maximum Gasteiger partial charge on any atom is 0.273 e. The molecule has 9 nitrogen and oxygen atoms in total. The molecular weight excluding hydrogens is 570 g/mol. The first-order valence-electron chi connectivity index (χ1n) is 14.3. The third kappa shape index (κ3) is 6.08. The Morgan fingerprint density at radius 1 is 0.930 bits per heavy atom. The average Bonchev–Trinajstić information content (AvgIpc) is 3.57. The number of phenolic OH excluding ortho intramolecular Hbond substituents is 1. The van der Waals surface area contributed by atoms with Gasteiger partial charge in [-0.25, -0.2) is 0 Å².